The van der Waals surface area contributed by atoms with E-state index in [0.717, 1.165) is 34.6 Å². The predicted octanol–water partition coefficient (Wildman–Crippen LogP) is 6.19. The minimum absolute atomic E-state index is 0.0477. The Morgan fingerprint density at radius 2 is 1.80 bits per heavy atom. The van der Waals surface area contributed by atoms with E-state index in [4.69, 9.17) is 0 Å². The van der Waals surface area contributed by atoms with Crippen LogP contribution in [0.2, 0.25) is 0 Å². The van der Waals surface area contributed by atoms with Gasteiger partial charge in [-0.15, -0.1) is 0 Å². The summed E-state index contributed by atoms with van der Waals surface area (Å²) in [6.45, 7) is 8.97. The molecular weight excluding hydrogens is 477 g/mol. The van der Waals surface area contributed by atoms with Crippen LogP contribution in [0.25, 0.3) is 11.0 Å². The number of aromatic nitrogens is 4. The highest BCUT2D eigenvalue weighted by Crippen LogP contribution is 2.31. The molecule has 0 fully saturated rings. The number of rotatable bonds is 6. The predicted molar refractivity (Wildman–Crippen MR) is 130 cm³/mol. The quantitative estimate of drug-likeness (QED) is 0.329. The number of fused-ring (bicyclic) bond motifs is 1. The molecular formula is C24H25F3N6OS. The number of halogens is 3. The summed E-state index contributed by atoms with van der Waals surface area (Å²) >= 11 is 1.30. The first-order valence-corrected chi connectivity index (χ1v) is 11.7. The number of benzene rings is 1. The molecule has 0 aliphatic heterocycles. The second-order valence-corrected chi connectivity index (χ2v) is 10.5. The number of hydrogen-bond acceptors (Lipinski definition) is 6. The van der Waals surface area contributed by atoms with Gasteiger partial charge < -0.3 is 15.2 Å². The molecule has 11 heteroatoms. The Labute approximate surface area is 204 Å². The van der Waals surface area contributed by atoms with Gasteiger partial charge in [0.25, 0.3) is 5.91 Å². The van der Waals surface area contributed by atoms with Crippen molar-refractivity contribution in [1.29, 1.82) is 0 Å². The molecule has 184 valence electrons. The van der Waals surface area contributed by atoms with E-state index in [0.29, 0.717) is 10.8 Å². The zero-order valence-corrected chi connectivity index (χ0v) is 20.5. The van der Waals surface area contributed by atoms with Gasteiger partial charge >= 0.3 is 6.18 Å². The monoisotopic (exact) mass is 502 g/mol. The van der Waals surface area contributed by atoms with Gasteiger partial charge in [-0.3, -0.25) is 4.79 Å². The van der Waals surface area contributed by atoms with Crippen LogP contribution in [-0.2, 0) is 12.7 Å². The maximum atomic E-state index is 12.9. The molecule has 7 nitrogen and oxygen atoms in total. The van der Waals surface area contributed by atoms with E-state index in [2.05, 4.69) is 46.4 Å². The lowest BCUT2D eigenvalue weighted by atomic mass is 9.97. The molecule has 4 aromatic rings. The van der Waals surface area contributed by atoms with Gasteiger partial charge in [0.2, 0.25) is 0 Å². The highest BCUT2D eigenvalue weighted by Gasteiger charge is 2.30. The fourth-order valence-corrected chi connectivity index (χ4v) is 4.31. The number of carbonyl (C=O) groups excluding carboxylic acids is 1. The zero-order chi connectivity index (χ0) is 25.4. The summed E-state index contributed by atoms with van der Waals surface area (Å²) in [4.78, 5) is 26.5. The summed E-state index contributed by atoms with van der Waals surface area (Å²) in [7, 11) is 0. The zero-order valence-electron chi connectivity index (χ0n) is 19.6. The Hall–Kier alpha value is -3.47. The summed E-state index contributed by atoms with van der Waals surface area (Å²) in [5.41, 5.74) is 1.67. The molecule has 1 unspecified atom stereocenters. The van der Waals surface area contributed by atoms with E-state index in [1.165, 1.54) is 23.5 Å². The number of carbonyl (C=O) groups is 1. The first-order chi connectivity index (χ1) is 16.4. The van der Waals surface area contributed by atoms with E-state index >= 15 is 0 Å². The molecule has 0 saturated heterocycles. The summed E-state index contributed by atoms with van der Waals surface area (Å²) < 4.78 is 40.2. The summed E-state index contributed by atoms with van der Waals surface area (Å²) in [5, 5.41) is 6.42. The van der Waals surface area contributed by atoms with Crippen molar-refractivity contribution < 1.29 is 18.0 Å². The van der Waals surface area contributed by atoms with Gasteiger partial charge in [-0.25, -0.2) is 15.0 Å². The third kappa shape index (κ3) is 5.97. The molecule has 3 heterocycles. The lowest BCUT2D eigenvalue weighted by Crippen LogP contribution is -2.27. The highest BCUT2D eigenvalue weighted by atomic mass is 32.1. The van der Waals surface area contributed by atoms with Gasteiger partial charge in [0.15, 0.2) is 5.13 Å². The van der Waals surface area contributed by atoms with Crippen molar-refractivity contribution in [2.45, 2.75) is 46.5 Å². The van der Waals surface area contributed by atoms with Crippen molar-refractivity contribution in [2.75, 3.05) is 5.32 Å². The molecule has 35 heavy (non-hydrogen) atoms. The van der Waals surface area contributed by atoms with Crippen molar-refractivity contribution in [2.24, 2.45) is 5.41 Å². The van der Waals surface area contributed by atoms with Crippen molar-refractivity contribution in [3.05, 3.63) is 65.2 Å². The summed E-state index contributed by atoms with van der Waals surface area (Å²) in [6, 6.07) is 6.11. The Morgan fingerprint density at radius 1 is 1.09 bits per heavy atom. The van der Waals surface area contributed by atoms with Gasteiger partial charge in [-0.1, -0.05) is 32.1 Å². The second kappa shape index (κ2) is 9.29. The number of alkyl halides is 3. The first-order valence-electron chi connectivity index (χ1n) is 10.9. The van der Waals surface area contributed by atoms with Gasteiger partial charge in [0, 0.05) is 23.3 Å². The van der Waals surface area contributed by atoms with Crippen LogP contribution < -0.4 is 10.6 Å². The average molecular weight is 503 g/mol. The minimum atomic E-state index is -4.38. The minimum Gasteiger partial charge on any atom is -0.343 e. The maximum absolute atomic E-state index is 12.9. The molecule has 1 aromatic carbocycles. The molecule has 4 rings (SSSR count). The normalized spacial score (nSPS) is 13.1. The Morgan fingerprint density at radius 3 is 2.46 bits per heavy atom. The molecule has 3 aromatic heterocycles. The van der Waals surface area contributed by atoms with Crippen LogP contribution >= 0.6 is 11.3 Å². The maximum Gasteiger partial charge on any atom is 0.416 e. The third-order valence-corrected chi connectivity index (χ3v) is 6.24. The fourth-order valence-electron chi connectivity index (χ4n) is 3.47. The van der Waals surface area contributed by atoms with E-state index in [1.54, 1.807) is 24.8 Å². The van der Waals surface area contributed by atoms with Crippen LogP contribution in [0.5, 0.6) is 0 Å². The number of imidazole rings is 1. The Balaban J connectivity index is 1.43. The van der Waals surface area contributed by atoms with Gasteiger partial charge in [-0.2, -0.15) is 13.2 Å². The number of thiazole rings is 1. The molecule has 1 amide bonds. The SMILES string of the molecule is CC(NC(=O)c1cc2c(cn1)ncn2CC(C)(C)C)c1cnc(Nc2ccc(C(F)(F)F)cc2)s1. The smallest absolute Gasteiger partial charge is 0.343 e. The average Bonchev–Trinajstić information content (AvgIpc) is 3.39. The molecule has 0 bridgehead atoms. The van der Waals surface area contributed by atoms with Gasteiger partial charge in [0.1, 0.15) is 11.2 Å². The van der Waals surface area contributed by atoms with Crippen LogP contribution in [0.3, 0.4) is 0 Å². The first kappa shape index (κ1) is 24.6. The van der Waals surface area contributed by atoms with Gasteiger partial charge in [-0.05, 0) is 42.7 Å². The molecule has 0 radical (unpaired) electrons. The van der Waals surface area contributed by atoms with Gasteiger partial charge in [0.05, 0.1) is 29.6 Å². The van der Waals surface area contributed by atoms with Crippen molar-refractivity contribution in [1.82, 2.24) is 24.8 Å². The lowest BCUT2D eigenvalue weighted by molar-refractivity contribution is -0.137. The molecule has 2 N–H and O–H groups in total. The van der Waals surface area contributed by atoms with Crippen molar-refractivity contribution in [3.63, 3.8) is 0 Å². The summed E-state index contributed by atoms with van der Waals surface area (Å²) in [6.07, 6.45) is 0.584. The standard InChI is InChI=1S/C24H25F3N6OS/c1-14(20-11-29-22(35-20)32-16-7-5-15(6-8-16)24(25,26)27)31-21(34)17-9-19-18(10-28-17)30-13-33(19)12-23(2,3)4/h5-11,13-14H,12H2,1-4H3,(H,29,32)(H,31,34). The Bertz CT molecular complexity index is 1340. The number of nitrogens with one attached hydrogen (secondary N) is 2. The molecule has 1 atom stereocenters. The number of nitrogens with zero attached hydrogens (tertiary/aromatic N) is 4. The van der Waals surface area contributed by atoms with Crippen molar-refractivity contribution in [3.8, 4) is 0 Å². The largest absolute Gasteiger partial charge is 0.416 e. The molecule has 0 saturated carbocycles. The fraction of sp³-hybridized carbons (Fsp3) is 0.333. The molecule has 0 spiro atoms. The van der Waals surface area contributed by atoms with Crippen LogP contribution in [0.15, 0.2) is 49.1 Å². The summed E-state index contributed by atoms with van der Waals surface area (Å²) in [5.74, 6) is -0.325. The second-order valence-electron chi connectivity index (χ2n) is 9.45. The Kier molecular flexibility index (Phi) is 6.54. The van der Waals surface area contributed by atoms with E-state index < -0.39 is 11.7 Å². The van der Waals surface area contributed by atoms with Crippen LogP contribution in [0, 0.1) is 5.41 Å². The molecule has 0 aliphatic rings. The number of amides is 1. The number of anilines is 2. The van der Waals surface area contributed by atoms with E-state index in [9.17, 15) is 18.0 Å². The van der Waals surface area contributed by atoms with Crippen LogP contribution in [0.1, 0.15) is 54.7 Å². The van der Waals surface area contributed by atoms with E-state index in [-0.39, 0.29) is 23.1 Å². The van der Waals surface area contributed by atoms with E-state index in [1.807, 2.05) is 11.5 Å². The van der Waals surface area contributed by atoms with Crippen LogP contribution in [-0.4, -0.2) is 25.4 Å². The number of hydrogen-bond donors (Lipinski definition) is 2. The van der Waals surface area contributed by atoms with Crippen LogP contribution in [0.4, 0.5) is 24.0 Å². The van der Waals surface area contributed by atoms with Crippen molar-refractivity contribution >= 4 is 39.1 Å². The highest BCUT2D eigenvalue weighted by molar-refractivity contribution is 7.15. The molecule has 0 aliphatic carbocycles. The third-order valence-electron chi connectivity index (χ3n) is 5.15. The topological polar surface area (TPSA) is 84.7 Å². The number of pyridine rings is 1. The lowest BCUT2D eigenvalue weighted by Gasteiger charge is -2.19.